The average molecular weight is 325 g/mol. The van der Waals surface area contributed by atoms with Crippen LogP contribution in [-0.4, -0.2) is 11.4 Å². The van der Waals surface area contributed by atoms with Crippen molar-refractivity contribution >= 4 is 39.1 Å². The molecule has 1 nitrogen and oxygen atoms in total. The monoisotopic (exact) mass is 323 g/mol. The Balaban J connectivity index is 2.67. The largest absolute Gasteiger partial charge is 0.306 e. The van der Waals surface area contributed by atoms with Crippen molar-refractivity contribution in [1.29, 1.82) is 0 Å². The van der Waals surface area contributed by atoms with Gasteiger partial charge in [-0.15, -0.1) is 11.6 Å². The molecule has 0 radical (unpaired) electrons. The predicted octanol–water partition coefficient (Wildman–Crippen LogP) is 4.60. The Morgan fingerprint density at radius 1 is 1.44 bits per heavy atom. The summed E-state index contributed by atoms with van der Waals surface area (Å²) >= 11 is 15.5. The fourth-order valence-electron chi connectivity index (χ4n) is 1.24. The van der Waals surface area contributed by atoms with Crippen LogP contribution in [0.5, 0.6) is 0 Å². The van der Waals surface area contributed by atoms with Gasteiger partial charge in [0.15, 0.2) is 0 Å². The van der Waals surface area contributed by atoms with Gasteiger partial charge >= 0.3 is 0 Å². The van der Waals surface area contributed by atoms with Crippen molar-refractivity contribution < 1.29 is 0 Å². The van der Waals surface area contributed by atoms with Gasteiger partial charge in [0.1, 0.15) is 0 Å². The van der Waals surface area contributed by atoms with Gasteiger partial charge in [-0.2, -0.15) is 0 Å². The van der Waals surface area contributed by atoms with Crippen molar-refractivity contribution in [3.05, 3.63) is 33.3 Å². The molecule has 0 saturated heterocycles. The summed E-state index contributed by atoms with van der Waals surface area (Å²) in [6.45, 7) is 4.98. The Morgan fingerprint density at radius 3 is 2.62 bits per heavy atom. The summed E-state index contributed by atoms with van der Waals surface area (Å²) in [6, 6.07) is 5.92. The second kappa shape index (κ2) is 6.25. The Bertz CT molecular complexity index is 351. The summed E-state index contributed by atoms with van der Waals surface area (Å²) in [7, 11) is 0. The quantitative estimate of drug-likeness (QED) is 0.780. The van der Waals surface area contributed by atoms with E-state index in [1.54, 1.807) is 0 Å². The lowest BCUT2D eigenvalue weighted by Crippen LogP contribution is -2.43. The molecule has 0 heterocycles. The molecule has 0 fully saturated rings. The molecule has 4 heteroatoms. The first-order valence-corrected chi connectivity index (χ1v) is 6.96. The molecule has 90 valence electrons. The normalized spacial score (nSPS) is 14.8. The fourth-order valence-corrected chi connectivity index (χ4v) is 2.26. The van der Waals surface area contributed by atoms with E-state index in [2.05, 4.69) is 35.1 Å². The third-order valence-electron chi connectivity index (χ3n) is 2.80. The number of benzene rings is 1. The van der Waals surface area contributed by atoms with Gasteiger partial charge in [0.25, 0.3) is 0 Å². The first-order chi connectivity index (χ1) is 7.50. The minimum Gasteiger partial charge on any atom is -0.306 e. The molecule has 1 aromatic carbocycles. The average Bonchev–Trinajstić information content (AvgIpc) is 2.27. The van der Waals surface area contributed by atoms with Crippen LogP contribution in [0.4, 0.5) is 0 Å². The number of hydrogen-bond donors (Lipinski definition) is 1. The van der Waals surface area contributed by atoms with Gasteiger partial charge < -0.3 is 5.32 Å². The van der Waals surface area contributed by atoms with Crippen molar-refractivity contribution in [3.8, 4) is 0 Å². The minimum atomic E-state index is -0.0298. The molecular weight excluding hydrogens is 309 g/mol. The van der Waals surface area contributed by atoms with Gasteiger partial charge in [-0.3, -0.25) is 0 Å². The second-order valence-electron chi connectivity index (χ2n) is 4.14. The standard InChI is InChI=1S/C12H16BrCl2N/c1-3-12(2,8-14)16-7-9-4-5-10(13)6-11(9)15/h4-6,16H,3,7-8H2,1-2H3. The molecule has 0 aliphatic heterocycles. The molecule has 0 spiro atoms. The van der Waals surface area contributed by atoms with E-state index in [1.807, 2.05) is 18.2 Å². The van der Waals surface area contributed by atoms with E-state index in [4.69, 9.17) is 23.2 Å². The maximum absolute atomic E-state index is 6.14. The minimum absolute atomic E-state index is 0.0298. The van der Waals surface area contributed by atoms with Crippen molar-refractivity contribution in [2.45, 2.75) is 32.4 Å². The van der Waals surface area contributed by atoms with E-state index in [0.29, 0.717) is 5.88 Å². The van der Waals surface area contributed by atoms with Crippen LogP contribution in [0, 0.1) is 0 Å². The topological polar surface area (TPSA) is 12.0 Å². The smallest absolute Gasteiger partial charge is 0.0462 e. The summed E-state index contributed by atoms with van der Waals surface area (Å²) in [4.78, 5) is 0. The van der Waals surface area contributed by atoms with Crippen molar-refractivity contribution in [3.63, 3.8) is 0 Å². The van der Waals surface area contributed by atoms with Crippen LogP contribution in [0.25, 0.3) is 0 Å². The van der Waals surface area contributed by atoms with Gasteiger partial charge in [0.05, 0.1) is 0 Å². The summed E-state index contributed by atoms with van der Waals surface area (Å²) in [6.07, 6.45) is 0.991. The highest BCUT2D eigenvalue weighted by atomic mass is 79.9. The van der Waals surface area contributed by atoms with E-state index < -0.39 is 0 Å². The van der Waals surface area contributed by atoms with Crippen LogP contribution < -0.4 is 5.32 Å². The van der Waals surface area contributed by atoms with Gasteiger partial charge in [-0.05, 0) is 31.0 Å². The van der Waals surface area contributed by atoms with Gasteiger partial charge in [0.2, 0.25) is 0 Å². The van der Waals surface area contributed by atoms with Crippen LogP contribution in [0.2, 0.25) is 5.02 Å². The SMILES string of the molecule is CCC(C)(CCl)NCc1ccc(Br)cc1Cl. The zero-order valence-electron chi connectivity index (χ0n) is 9.49. The molecule has 0 aliphatic carbocycles. The molecule has 1 N–H and O–H groups in total. The summed E-state index contributed by atoms with van der Waals surface area (Å²) in [5.74, 6) is 0.595. The van der Waals surface area contributed by atoms with Crippen molar-refractivity contribution in [2.24, 2.45) is 0 Å². The Labute approximate surface area is 116 Å². The number of nitrogens with one attached hydrogen (secondary N) is 1. The van der Waals surface area contributed by atoms with Gasteiger partial charge in [0, 0.05) is 27.5 Å². The fraction of sp³-hybridized carbons (Fsp3) is 0.500. The highest BCUT2D eigenvalue weighted by Crippen LogP contribution is 2.22. The molecule has 0 aliphatic rings. The summed E-state index contributed by atoms with van der Waals surface area (Å²) < 4.78 is 0.997. The third-order valence-corrected chi connectivity index (χ3v) is 4.23. The first kappa shape index (κ1) is 14.3. The van der Waals surface area contributed by atoms with E-state index in [9.17, 15) is 0 Å². The highest BCUT2D eigenvalue weighted by Gasteiger charge is 2.19. The molecule has 16 heavy (non-hydrogen) atoms. The maximum Gasteiger partial charge on any atom is 0.0462 e. The molecule has 0 amide bonds. The Hall–Kier alpha value is 0.240. The third kappa shape index (κ3) is 3.92. The van der Waals surface area contributed by atoms with Crippen LogP contribution in [0.15, 0.2) is 22.7 Å². The lowest BCUT2D eigenvalue weighted by Gasteiger charge is -2.27. The molecule has 1 atom stereocenters. The molecule has 0 saturated carbocycles. The highest BCUT2D eigenvalue weighted by molar-refractivity contribution is 9.10. The van der Waals surface area contributed by atoms with Gasteiger partial charge in [-0.25, -0.2) is 0 Å². The second-order valence-corrected chi connectivity index (χ2v) is 5.73. The molecule has 1 unspecified atom stereocenters. The summed E-state index contributed by atoms with van der Waals surface area (Å²) in [5, 5.41) is 4.21. The lowest BCUT2D eigenvalue weighted by atomic mass is 10.0. The zero-order chi connectivity index (χ0) is 12.2. The Morgan fingerprint density at radius 2 is 2.12 bits per heavy atom. The van der Waals surface area contributed by atoms with E-state index in [1.165, 1.54) is 0 Å². The first-order valence-electron chi connectivity index (χ1n) is 5.25. The van der Waals surface area contributed by atoms with E-state index in [0.717, 1.165) is 28.0 Å². The van der Waals surface area contributed by atoms with E-state index >= 15 is 0 Å². The molecule has 0 bridgehead atoms. The van der Waals surface area contributed by atoms with Crippen molar-refractivity contribution in [2.75, 3.05) is 5.88 Å². The number of rotatable bonds is 5. The Kier molecular flexibility index (Phi) is 5.58. The molecule has 0 aromatic heterocycles. The van der Waals surface area contributed by atoms with Crippen LogP contribution >= 0.6 is 39.1 Å². The van der Waals surface area contributed by atoms with E-state index in [-0.39, 0.29) is 5.54 Å². The molecular formula is C12H16BrCl2N. The summed E-state index contributed by atoms with van der Waals surface area (Å²) in [5.41, 5.74) is 1.06. The van der Waals surface area contributed by atoms with Crippen LogP contribution in [0.1, 0.15) is 25.8 Å². The number of halogens is 3. The van der Waals surface area contributed by atoms with Crippen molar-refractivity contribution in [1.82, 2.24) is 5.32 Å². The van der Waals surface area contributed by atoms with Crippen LogP contribution in [0.3, 0.4) is 0 Å². The lowest BCUT2D eigenvalue weighted by molar-refractivity contribution is 0.379. The predicted molar refractivity (Wildman–Crippen MR) is 75.4 cm³/mol. The number of alkyl halides is 1. The number of hydrogen-bond acceptors (Lipinski definition) is 1. The molecule has 1 aromatic rings. The zero-order valence-corrected chi connectivity index (χ0v) is 12.6. The van der Waals surface area contributed by atoms with Gasteiger partial charge in [-0.1, -0.05) is 40.5 Å². The maximum atomic E-state index is 6.14. The molecule has 1 rings (SSSR count). The van der Waals surface area contributed by atoms with Crippen LogP contribution in [-0.2, 0) is 6.54 Å².